The van der Waals surface area contributed by atoms with Gasteiger partial charge >= 0.3 is 0 Å². The van der Waals surface area contributed by atoms with Crippen LogP contribution in [0.2, 0.25) is 0 Å². The third kappa shape index (κ3) is 5.64. The predicted molar refractivity (Wildman–Crippen MR) is 91.8 cm³/mol. The number of allylic oxidation sites excluding steroid dienone is 1. The van der Waals surface area contributed by atoms with Gasteiger partial charge in [-0.1, -0.05) is 56.7 Å². The van der Waals surface area contributed by atoms with Gasteiger partial charge in [-0.2, -0.15) is 0 Å². The molecule has 116 valence electrons. The van der Waals surface area contributed by atoms with Crippen LogP contribution in [-0.2, 0) is 4.79 Å². The smallest absolute Gasteiger partial charge is 0.162 e. The second-order valence-corrected chi connectivity index (χ2v) is 6.33. The molecule has 2 nitrogen and oxygen atoms in total. The summed E-state index contributed by atoms with van der Waals surface area (Å²) >= 11 is 0. The van der Waals surface area contributed by atoms with Crippen molar-refractivity contribution in [1.29, 1.82) is 0 Å². The van der Waals surface area contributed by atoms with Gasteiger partial charge in [0.25, 0.3) is 0 Å². The third-order valence-corrected chi connectivity index (χ3v) is 3.96. The maximum atomic E-state index is 12.4. The highest BCUT2D eigenvalue weighted by Crippen LogP contribution is 2.22. The van der Waals surface area contributed by atoms with E-state index in [4.69, 9.17) is 0 Å². The lowest BCUT2D eigenvalue weighted by Crippen LogP contribution is -2.41. The molecule has 1 aromatic rings. The molecule has 1 aliphatic rings. The average Bonchev–Trinajstić information content (AvgIpc) is 2.46. The van der Waals surface area contributed by atoms with Crippen LogP contribution in [0.4, 0.5) is 0 Å². The number of piperidine rings is 1. The molecule has 1 fully saturated rings. The molecule has 1 aliphatic heterocycles. The standard InChI is InChI=1S/C18H25NO.ClH/c1-18(2,15-19-13-7-4-8-14-19)17(20)12-11-16-9-5-3-6-10-16;/h3,5-6,9-12H,4,7-8,13-15H2,1-2H3;1H/b12-11+;. The number of benzene rings is 1. The highest BCUT2D eigenvalue weighted by molar-refractivity contribution is 5.97. The van der Waals surface area contributed by atoms with Crippen molar-refractivity contribution in [2.75, 3.05) is 19.6 Å². The SMILES string of the molecule is CC(C)(CN1CCCCC1)C(=O)/C=C/c1ccccc1.Cl. The summed E-state index contributed by atoms with van der Waals surface area (Å²) in [5, 5.41) is 0. The first-order chi connectivity index (χ1) is 9.58. The fourth-order valence-corrected chi connectivity index (χ4v) is 2.72. The first kappa shape index (κ1) is 17.9. The molecule has 0 atom stereocenters. The van der Waals surface area contributed by atoms with Crippen LogP contribution >= 0.6 is 12.4 Å². The number of halogens is 1. The van der Waals surface area contributed by atoms with Crippen molar-refractivity contribution < 1.29 is 4.79 Å². The summed E-state index contributed by atoms with van der Waals surface area (Å²) in [6, 6.07) is 9.99. The summed E-state index contributed by atoms with van der Waals surface area (Å²) in [7, 11) is 0. The molecule has 1 heterocycles. The van der Waals surface area contributed by atoms with E-state index in [2.05, 4.69) is 18.7 Å². The summed E-state index contributed by atoms with van der Waals surface area (Å²) in [6.07, 6.45) is 7.52. The van der Waals surface area contributed by atoms with Gasteiger partial charge in [0, 0.05) is 12.0 Å². The summed E-state index contributed by atoms with van der Waals surface area (Å²) in [4.78, 5) is 14.8. The van der Waals surface area contributed by atoms with E-state index in [-0.39, 0.29) is 23.6 Å². The van der Waals surface area contributed by atoms with Gasteiger partial charge in [-0.05, 0) is 37.6 Å². The van der Waals surface area contributed by atoms with E-state index in [1.165, 1.54) is 19.3 Å². The highest BCUT2D eigenvalue weighted by Gasteiger charge is 2.28. The van der Waals surface area contributed by atoms with Crippen LogP contribution in [0.1, 0.15) is 38.7 Å². The van der Waals surface area contributed by atoms with E-state index in [9.17, 15) is 4.79 Å². The second kappa shape index (κ2) is 8.35. The van der Waals surface area contributed by atoms with E-state index in [1.54, 1.807) is 6.08 Å². The van der Waals surface area contributed by atoms with Crippen molar-refractivity contribution >= 4 is 24.3 Å². The van der Waals surface area contributed by atoms with Crippen LogP contribution < -0.4 is 0 Å². The Balaban J connectivity index is 0.00000220. The topological polar surface area (TPSA) is 20.3 Å². The summed E-state index contributed by atoms with van der Waals surface area (Å²) in [6.45, 7) is 7.25. The molecule has 0 bridgehead atoms. The first-order valence-corrected chi connectivity index (χ1v) is 7.58. The molecule has 0 aromatic heterocycles. The Kier molecular flexibility index (Phi) is 7.13. The van der Waals surface area contributed by atoms with Crippen molar-refractivity contribution in [1.82, 2.24) is 4.90 Å². The van der Waals surface area contributed by atoms with E-state index in [0.29, 0.717) is 0 Å². The molecule has 0 radical (unpaired) electrons. The maximum Gasteiger partial charge on any atom is 0.162 e. The van der Waals surface area contributed by atoms with Crippen LogP contribution in [0.5, 0.6) is 0 Å². The molecule has 1 aromatic carbocycles. The number of ketones is 1. The van der Waals surface area contributed by atoms with Gasteiger partial charge in [0.05, 0.1) is 0 Å². The van der Waals surface area contributed by atoms with Crippen molar-refractivity contribution in [2.45, 2.75) is 33.1 Å². The molecule has 0 amide bonds. The highest BCUT2D eigenvalue weighted by atomic mass is 35.5. The monoisotopic (exact) mass is 307 g/mol. The fraction of sp³-hybridized carbons (Fsp3) is 0.500. The molecule has 21 heavy (non-hydrogen) atoms. The van der Waals surface area contributed by atoms with Gasteiger partial charge in [-0.3, -0.25) is 4.79 Å². The van der Waals surface area contributed by atoms with Crippen LogP contribution in [-0.4, -0.2) is 30.3 Å². The van der Waals surface area contributed by atoms with Gasteiger partial charge in [-0.25, -0.2) is 0 Å². The third-order valence-electron chi connectivity index (χ3n) is 3.96. The molecule has 0 saturated carbocycles. The summed E-state index contributed by atoms with van der Waals surface area (Å²) < 4.78 is 0. The number of carbonyl (C=O) groups is 1. The molecule has 0 aliphatic carbocycles. The molecule has 2 rings (SSSR count). The number of hydrogen-bond acceptors (Lipinski definition) is 2. The van der Waals surface area contributed by atoms with Gasteiger partial charge < -0.3 is 4.90 Å². The largest absolute Gasteiger partial charge is 0.302 e. The van der Waals surface area contributed by atoms with Crippen LogP contribution in [0.3, 0.4) is 0 Å². The minimum Gasteiger partial charge on any atom is -0.302 e. The normalized spacial score (nSPS) is 16.7. The number of rotatable bonds is 5. The van der Waals surface area contributed by atoms with E-state index >= 15 is 0 Å². The zero-order valence-electron chi connectivity index (χ0n) is 13.0. The van der Waals surface area contributed by atoms with Crippen molar-refractivity contribution in [2.24, 2.45) is 5.41 Å². The lowest BCUT2D eigenvalue weighted by atomic mass is 9.86. The Labute approximate surface area is 134 Å². The zero-order chi connectivity index (χ0) is 14.4. The lowest BCUT2D eigenvalue weighted by Gasteiger charge is -2.33. The Morgan fingerprint density at radius 1 is 1.14 bits per heavy atom. The molecule has 3 heteroatoms. The second-order valence-electron chi connectivity index (χ2n) is 6.33. The van der Waals surface area contributed by atoms with Crippen molar-refractivity contribution in [3.05, 3.63) is 42.0 Å². The van der Waals surface area contributed by atoms with Gasteiger partial charge in [-0.15, -0.1) is 12.4 Å². The van der Waals surface area contributed by atoms with E-state index < -0.39 is 0 Å². The first-order valence-electron chi connectivity index (χ1n) is 7.58. The van der Waals surface area contributed by atoms with Gasteiger partial charge in [0.2, 0.25) is 0 Å². The maximum absolute atomic E-state index is 12.4. The predicted octanol–water partition coefficient (Wildman–Crippen LogP) is 4.20. The molecule has 0 spiro atoms. The number of hydrogen-bond donors (Lipinski definition) is 0. The Morgan fingerprint density at radius 3 is 2.38 bits per heavy atom. The van der Waals surface area contributed by atoms with E-state index in [0.717, 1.165) is 25.2 Å². The quantitative estimate of drug-likeness (QED) is 0.760. The Hall–Kier alpha value is -1.12. The van der Waals surface area contributed by atoms with Gasteiger partial charge in [0.1, 0.15) is 0 Å². The van der Waals surface area contributed by atoms with Crippen molar-refractivity contribution in [3.63, 3.8) is 0 Å². The Bertz CT molecular complexity index is 461. The minimum atomic E-state index is -0.303. The van der Waals surface area contributed by atoms with Crippen LogP contribution in [0.25, 0.3) is 6.08 Å². The van der Waals surface area contributed by atoms with Crippen LogP contribution in [0, 0.1) is 5.41 Å². The van der Waals surface area contributed by atoms with Crippen LogP contribution in [0.15, 0.2) is 36.4 Å². The fourth-order valence-electron chi connectivity index (χ4n) is 2.72. The summed E-state index contributed by atoms with van der Waals surface area (Å²) in [5.41, 5.74) is 0.775. The number of likely N-dealkylation sites (tertiary alicyclic amines) is 1. The van der Waals surface area contributed by atoms with E-state index in [1.807, 2.05) is 36.4 Å². The lowest BCUT2D eigenvalue weighted by molar-refractivity contribution is -0.123. The molecule has 0 unspecified atom stereocenters. The van der Waals surface area contributed by atoms with Gasteiger partial charge in [0.15, 0.2) is 5.78 Å². The van der Waals surface area contributed by atoms with Crippen molar-refractivity contribution in [3.8, 4) is 0 Å². The average molecular weight is 308 g/mol. The number of nitrogens with zero attached hydrogens (tertiary/aromatic N) is 1. The molecule has 0 N–H and O–H groups in total. The summed E-state index contributed by atoms with van der Waals surface area (Å²) in [5.74, 6) is 0.215. The molecule has 1 saturated heterocycles. The Morgan fingerprint density at radius 2 is 1.76 bits per heavy atom. The molecular weight excluding hydrogens is 282 g/mol. The molecular formula is C18H26ClNO. The minimum absolute atomic E-state index is 0. The zero-order valence-corrected chi connectivity index (χ0v) is 13.9. The number of carbonyl (C=O) groups excluding carboxylic acids is 1.